The van der Waals surface area contributed by atoms with Crippen molar-refractivity contribution in [2.24, 2.45) is 0 Å². The number of carbonyl (C=O) groups is 1. The summed E-state index contributed by atoms with van der Waals surface area (Å²) in [6.07, 6.45) is 2.09. The Morgan fingerprint density at radius 2 is 1.92 bits per heavy atom. The maximum Gasteiger partial charge on any atom is 0.172 e. The van der Waals surface area contributed by atoms with Crippen LogP contribution in [0.25, 0.3) is 0 Å². The Balaban J connectivity index is 2.10. The highest BCUT2D eigenvalue weighted by Crippen LogP contribution is 2.41. The third kappa shape index (κ3) is 1.60. The molecule has 1 saturated carbocycles. The summed E-state index contributed by atoms with van der Waals surface area (Å²) in [5.74, 6) is -0.798. The lowest BCUT2D eigenvalue weighted by molar-refractivity contribution is -0.202. The van der Waals surface area contributed by atoms with Gasteiger partial charge in [0, 0.05) is 12.8 Å². The smallest absolute Gasteiger partial charge is 0.172 e. The van der Waals surface area contributed by atoms with Gasteiger partial charge in [0.1, 0.15) is 0 Å². The summed E-state index contributed by atoms with van der Waals surface area (Å²) in [5.41, 5.74) is -1.73. The van der Waals surface area contributed by atoms with Gasteiger partial charge in [-0.05, 0) is 12.8 Å². The Morgan fingerprint density at radius 3 is 2.54 bits per heavy atom. The van der Waals surface area contributed by atoms with Crippen LogP contribution in [0, 0.1) is 0 Å². The van der Waals surface area contributed by atoms with E-state index in [-0.39, 0.29) is 6.42 Å². The van der Waals surface area contributed by atoms with Gasteiger partial charge < -0.3 is 9.47 Å². The zero-order valence-corrected chi connectivity index (χ0v) is 7.42. The predicted molar refractivity (Wildman–Crippen MR) is 43.0 cm³/mol. The number of rotatable bonds is 1. The average molecular weight is 188 g/mol. The van der Waals surface area contributed by atoms with Crippen LogP contribution in [0.4, 0.5) is 4.39 Å². The van der Waals surface area contributed by atoms with Crippen molar-refractivity contribution < 1.29 is 18.7 Å². The first-order valence-corrected chi connectivity index (χ1v) is 4.61. The van der Waals surface area contributed by atoms with Gasteiger partial charge in [-0.15, -0.1) is 0 Å². The van der Waals surface area contributed by atoms with Gasteiger partial charge >= 0.3 is 0 Å². The third-order valence-electron chi connectivity index (χ3n) is 2.74. The van der Waals surface area contributed by atoms with Crippen LogP contribution in [-0.4, -0.2) is 31.0 Å². The van der Waals surface area contributed by atoms with E-state index in [4.69, 9.17) is 9.47 Å². The maximum atomic E-state index is 13.7. The van der Waals surface area contributed by atoms with E-state index >= 15 is 0 Å². The number of alkyl halides is 1. The molecule has 0 aromatic rings. The van der Waals surface area contributed by atoms with Crippen molar-refractivity contribution in [2.75, 3.05) is 13.2 Å². The molecule has 0 bridgehead atoms. The molecule has 0 radical (unpaired) electrons. The van der Waals surface area contributed by atoms with Gasteiger partial charge in [-0.1, -0.05) is 0 Å². The number of carbonyl (C=O) groups excluding carboxylic acids is 1. The number of ether oxygens (including phenoxy) is 2. The molecule has 2 fully saturated rings. The predicted octanol–water partition coefficient (Wildman–Crippen LogP) is 1.21. The first-order valence-electron chi connectivity index (χ1n) is 4.61. The van der Waals surface area contributed by atoms with Gasteiger partial charge in [0.15, 0.2) is 17.7 Å². The van der Waals surface area contributed by atoms with E-state index in [0.717, 1.165) is 0 Å². The molecule has 2 rings (SSSR count). The second-order valence-corrected chi connectivity index (χ2v) is 3.79. The Kier molecular flexibility index (Phi) is 2.12. The molecule has 1 atom stereocenters. The zero-order chi connectivity index (χ0) is 9.36. The quantitative estimate of drug-likeness (QED) is 0.580. The minimum atomic E-state index is -1.73. The molecule has 4 heteroatoms. The topological polar surface area (TPSA) is 35.5 Å². The normalized spacial score (nSPS) is 37.9. The molecular formula is C9H13FO3. The second kappa shape index (κ2) is 3.03. The van der Waals surface area contributed by atoms with Crippen LogP contribution in [-0.2, 0) is 14.3 Å². The Hall–Kier alpha value is -0.480. The van der Waals surface area contributed by atoms with Crippen LogP contribution >= 0.6 is 0 Å². The number of aldehydes is 1. The molecular weight excluding hydrogens is 175 g/mol. The maximum absolute atomic E-state index is 13.7. The lowest BCUT2D eigenvalue weighted by Gasteiger charge is -2.37. The molecule has 0 aromatic heterocycles. The van der Waals surface area contributed by atoms with Gasteiger partial charge in [0.2, 0.25) is 0 Å². The molecule has 13 heavy (non-hydrogen) atoms. The van der Waals surface area contributed by atoms with Gasteiger partial charge in [0.05, 0.1) is 13.2 Å². The van der Waals surface area contributed by atoms with Crippen molar-refractivity contribution in [3.63, 3.8) is 0 Å². The fraction of sp³-hybridized carbons (Fsp3) is 0.889. The fourth-order valence-corrected chi connectivity index (χ4v) is 2.12. The third-order valence-corrected chi connectivity index (χ3v) is 2.74. The Bertz CT molecular complexity index is 213. The Morgan fingerprint density at radius 1 is 1.23 bits per heavy atom. The first-order chi connectivity index (χ1) is 6.18. The van der Waals surface area contributed by atoms with Crippen LogP contribution in [0.1, 0.15) is 25.7 Å². The number of halogens is 1. The van der Waals surface area contributed by atoms with E-state index in [2.05, 4.69) is 0 Å². The summed E-state index contributed by atoms with van der Waals surface area (Å²) in [6, 6.07) is 0. The van der Waals surface area contributed by atoms with Crippen molar-refractivity contribution in [3.8, 4) is 0 Å². The summed E-state index contributed by atoms with van der Waals surface area (Å²) in [7, 11) is 0. The molecule has 74 valence electrons. The number of hydrogen-bond donors (Lipinski definition) is 0. The first kappa shape index (κ1) is 9.09. The molecule has 0 N–H and O–H groups in total. The summed E-state index contributed by atoms with van der Waals surface area (Å²) >= 11 is 0. The van der Waals surface area contributed by atoms with Crippen molar-refractivity contribution in [1.29, 1.82) is 0 Å². The van der Waals surface area contributed by atoms with Gasteiger partial charge in [-0.25, -0.2) is 4.39 Å². The van der Waals surface area contributed by atoms with E-state index < -0.39 is 11.5 Å². The highest BCUT2D eigenvalue weighted by molar-refractivity contribution is 5.62. The van der Waals surface area contributed by atoms with Crippen LogP contribution in [0.5, 0.6) is 0 Å². The molecule has 1 unspecified atom stereocenters. The lowest BCUT2D eigenvalue weighted by atomic mass is 9.83. The minimum absolute atomic E-state index is 0.0590. The van der Waals surface area contributed by atoms with Crippen molar-refractivity contribution in [3.05, 3.63) is 0 Å². The molecule has 1 saturated heterocycles. The largest absolute Gasteiger partial charge is 0.347 e. The summed E-state index contributed by atoms with van der Waals surface area (Å²) in [4.78, 5) is 10.5. The van der Waals surface area contributed by atoms with Gasteiger partial charge in [-0.2, -0.15) is 0 Å². The van der Waals surface area contributed by atoms with Crippen molar-refractivity contribution in [2.45, 2.75) is 37.1 Å². The van der Waals surface area contributed by atoms with Crippen LogP contribution < -0.4 is 0 Å². The van der Waals surface area contributed by atoms with E-state index in [1.54, 1.807) is 0 Å². The number of hydrogen-bond acceptors (Lipinski definition) is 3. The average Bonchev–Trinajstić information content (AvgIpc) is 2.53. The fourth-order valence-electron chi connectivity index (χ4n) is 2.12. The van der Waals surface area contributed by atoms with Crippen LogP contribution in [0.3, 0.4) is 0 Å². The van der Waals surface area contributed by atoms with Gasteiger partial charge in [0.25, 0.3) is 0 Å². The standard InChI is InChI=1S/C9H13FO3/c10-8(7-11)2-1-3-9(6-8)12-4-5-13-9/h7H,1-6H2. The van der Waals surface area contributed by atoms with Crippen molar-refractivity contribution >= 4 is 6.29 Å². The molecule has 0 aromatic carbocycles. The summed E-state index contributed by atoms with van der Waals surface area (Å²) < 4.78 is 24.4. The molecule has 1 heterocycles. The zero-order valence-electron chi connectivity index (χ0n) is 7.42. The van der Waals surface area contributed by atoms with E-state index in [9.17, 15) is 9.18 Å². The van der Waals surface area contributed by atoms with E-state index in [1.165, 1.54) is 0 Å². The lowest BCUT2D eigenvalue weighted by Crippen LogP contribution is -2.44. The molecule has 1 aliphatic carbocycles. The molecule has 1 aliphatic heterocycles. The molecule has 2 aliphatic rings. The van der Waals surface area contributed by atoms with Crippen molar-refractivity contribution in [1.82, 2.24) is 0 Å². The monoisotopic (exact) mass is 188 g/mol. The highest BCUT2D eigenvalue weighted by Gasteiger charge is 2.49. The summed E-state index contributed by atoms with van der Waals surface area (Å²) in [6.45, 7) is 1.02. The minimum Gasteiger partial charge on any atom is -0.347 e. The second-order valence-electron chi connectivity index (χ2n) is 3.79. The molecule has 3 nitrogen and oxygen atoms in total. The molecule has 1 spiro atoms. The van der Waals surface area contributed by atoms with Gasteiger partial charge in [-0.3, -0.25) is 4.79 Å². The summed E-state index contributed by atoms with van der Waals surface area (Å²) in [5, 5.41) is 0. The van der Waals surface area contributed by atoms with Crippen LogP contribution in [0.2, 0.25) is 0 Å². The van der Waals surface area contributed by atoms with E-state index in [0.29, 0.717) is 38.8 Å². The van der Waals surface area contributed by atoms with E-state index in [1.807, 2.05) is 0 Å². The molecule has 0 amide bonds. The SMILES string of the molecule is O=CC1(F)CCCC2(C1)OCCO2. The van der Waals surface area contributed by atoms with Crippen LogP contribution in [0.15, 0.2) is 0 Å². The Labute approximate surface area is 76.2 Å². The highest BCUT2D eigenvalue weighted by atomic mass is 19.1.